The van der Waals surface area contributed by atoms with Crippen LogP contribution in [-0.2, 0) is 4.74 Å². The van der Waals surface area contributed by atoms with Crippen LogP contribution in [0.2, 0.25) is 0 Å². The Morgan fingerprint density at radius 1 is 1.11 bits per heavy atom. The van der Waals surface area contributed by atoms with Crippen LogP contribution in [0.5, 0.6) is 0 Å². The molecule has 0 radical (unpaired) electrons. The van der Waals surface area contributed by atoms with Crippen LogP contribution in [0.15, 0.2) is 24.3 Å². The minimum atomic E-state index is -0.131. The van der Waals surface area contributed by atoms with Gasteiger partial charge in [0, 0.05) is 12.6 Å². The highest BCUT2D eigenvalue weighted by atomic mass is 16.5. The van der Waals surface area contributed by atoms with E-state index < -0.39 is 0 Å². The van der Waals surface area contributed by atoms with Crippen LogP contribution in [0.25, 0.3) is 0 Å². The molecule has 0 spiro atoms. The van der Waals surface area contributed by atoms with Gasteiger partial charge in [0.1, 0.15) is 0 Å². The fourth-order valence-corrected chi connectivity index (χ4v) is 1.78. The predicted octanol–water partition coefficient (Wildman–Crippen LogP) is 3.85. The van der Waals surface area contributed by atoms with Gasteiger partial charge >= 0.3 is 0 Å². The van der Waals surface area contributed by atoms with E-state index >= 15 is 0 Å². The van der Waals surface area contributed by atoms with Crippen LogP contribution >= 0.6 is 0 Å². The Morgan fingerprint density at radius 2 is 1.67 bits per heavy atom. The lowest BCUT2D eigenvalue weighted by molar-refractivity contribution is -0.0612. The second-order valence-corrected chi connectivity index (χ2v) is 6.19. The fourth-order valence-electron chi connectivity index (χ4n) is 1.78. The van der Waals surface area contributed by atoms with E-state index in [0.29, 0.717) is 6.04 Å². The molecular weight excluding hydrogens is 222 g/mol. The van der Waals surface area contributed by atoms with E-state index in [1.165, 1.54) is 11.1 Å². The highest BCUT2D eigenvalue weighted by Gasteiger charge is 2.20. The molecule has 0 aromatic heterocycles. The molecule has 0 fully saturated rings. The minimum absolute atomic E-state index is 0.105. The molecule has 102 valence electrons. The summed E-state index contributed by atoms with van der Waals surface area (Å²) in [5.41, 5.74) is 2.39. The molecule has 1 unspecified atom stereocenters. The zero-order chi connectivity index (χ0) is 13.8. The Kier molecular flexibility index (Phi) is 5.36. The standard InChI is InChI=1S/C16H27NO/c1-12(2)17-11-15(18-16(4,5)6)14-9-7-13(3)8-10-14/h7-10,12,15,17H,11H2,1-6H3. The van der Waals surface area contributed by atoms with Gasteiger partial charge in [-0.1, -0.05) is 43.7 Å². The largest absolute Gasteiger partial charge is 0.367 e. The van der Waals surface area contributed by atoms with Crippen LogP contribution in [-0.4, -0.2) is 18.2 Å². The van der Waals surface area contributed by atoms with E-state index in [0.717, 1.165) is 6.54 Å². The molecule has 1 N–H and O–H groups in total. The van der Waals surface area contributed by atoms with E-state index in [1.807, 2.05) is 0 Å². The van der Waals surface area contributed by atoms with E-state index in [2.05, 4.69) is 71.1 Å². The van der Waals surface area contributed by atoms with E-state index in [1.54, 1.807) is 0 Å². The molecule has 2 heteroatoms. The van der Waals surface area contributed by atoms with Crippen LogP contribution in [0, 0.1) is 6.92 Å². The van der Waals surface area contributed by atoms with Crippen LogP contribution in [0.3, 0.4) is 0 Å². The normalized spacial score (nSPS) is 13.9. The lowest BCUT2D eigenvalue weighted by atomic mass is 10.1. The number of aryl methyl sites for hydroxylation is 1. The molecule has 0 heterocycles. The molecule has 0 amide bonds. The van der Waals surface area contributed by atoms with E-state index in [-0.39, 0.29) is 11.7 Å². The fraction of sp³-hybridized carbons (Fsp3) is 0.625. The molecular formula is C16H27NO. The summed E-state index contributed by atoms with van der Waals surface area (Å²) in [5.74, 6) is 0. The maximum absolute atomic E-state index is 6.15. The van der Waals surface area contributed by atoms with Crippen molar-refractivity contribution in [3.05, 3.63) is 35.4 Å². The van der Waals surface area contributed by atoms with Gasteiger partial charge in [-0.3, -0.25) is 0 Å². The zero-order valence-electron chi connectivity index (χ0n) is 12.6. The van der Waals surface area contributed by atoms with Gasteiger partial charge in [0.05, 0.1) is 11.7 Å². The molecule has 0 bridgehead atoms. The third kappa shape index (κ3) is 5.65. The van der Waals surface area contributed by atoms with Gasteiger partial charge in [0.2, 0.25) is 0 Å². The van der Waals surface area contributed by atoms with Crippen molar-refractivity contribution in [2.45, 2.75) is 59.3 Å². The minimum Gasteiger partial charge on any atom is -0.367 e. The van der Waals surface area contributed by atoms with Gasteiger partial charge < -0.3 is 10.1 Å². The number of benzene rings is 1. The summed E-state index contributed by atoms with van der Waals surface area (Å²) >= 11 is 0. The summed E-state index contributed by atoms with van der Waals surface area (Å²) in [6.07, 6.45) is 0.105. The van der Waals surface area contributed by atoms with Gasteiger partial charge in [0.25, 0.3) is 0 Å². The monoisotopic (exact) mass is 249 g/mol. The molecule has 0 aliphatic rings. The predicted molar refractivity (Wildman–Crippen MR) is 77.9 cm³/mol. The van der Waals surface area contributed by atoms with Gasteiger partial charge in [-0.05, 0) is 33.3 Å². The van der Waals surface area contributed by atoms with Crippen molar-refractivity contribution in [3.63, 3.8) is 0 Å². The number of nitrogens with one attached hydrogen (secondary N) is 1. The maximum atomic E-state index is 6.15. The van der Waals surface area contributed by atoms with Crippen molar-refractivity contribution in [2.24, 2.45) is 0 Å². The first-order chi connectivity index (χ1) is 8.28. The third-order valence-corrected chi connectivity index (χ3v) is 2.66. The highest BCUT2D eigenvalue weighted by Crippen LogP contribution is 2.23. The smallest absolute Gasteiger partial charge is 0.0956 e. The topological polar surface area (TPSA) is 21.3 Å². The molecule has 1 rings (SSSR count). The molecule has 0 aliphatic carbocycles. The molecule has 1 atom stereocenters. The molecule has 0 aliphatic heterocycles. The Hall–Kier alpha value is -0.860. The van der Waals surface area contributed by atoms with Crippen molar-refractivity contribution in [1.29, 1.82) is 0 Å². The van der Waals surface area contributed by atoms with Crippen molar-refractivity contribution in [2.75, 3.05) is 6.54 Å². The van der Waals surface area contributed by atoms with Gasteiger partial charge in [-0.15, -0.1) is 0 Å². The quantitative estimate of drug-likeness (QED) is 0.856. The second kappa shape index (κ2) is 6.35. The summed E-state index contributed by atoms with van der Waals surface area (Å²) in [4.78, 5) is 0. The molecule has 0 saturated heterocycles. The number of hydrogen-bond acceptors (Lipinski definition) is 2. The molecule has 1 aromatic carbocycles. The SMILES string of the molecule is Cc1ccc(C(CNC(C)C)OC(C)(C)C)cc1. The highest BCUT2D eigenvalue weighted by molar-refractivity contribution is 5.23. The van der Waals surface area contributed by atoms with E-state index in [4.69, 9.17) is 4.74 Å². The number of hydrogen-bond donors (Lipinski definition) is 1. The average Bonchev–Trinajstić information content (AvgIpc) is 2.23. The summed E-state index contributed by atoms with van der Waals surface area (Å²) in [6.45, 7) is 13.6. The van der Waals surface area contributed by atoms with E-state index in [9.17, 15) is 0 Å². The summed E-state index contributed by atoms with van der Waals surface area (Å²) in [6, 6.07) is 9.08. The number of ether oxygens (including phenoxy) is 1. The lowest BCUT2D eigenvalue weighted by Crippen LogP contribution is -2.33. The molecule has 0 saturated carbocycles. The van der Waals surface area contributed by atoms with Crippen molar-refractivity contribution < 1.29 is 4.74 Å². The first kappa shape index (κ1) is 15.2. The van der Waals surface area contributed by atoms with Crippen molar-refractivity contribution in [1.82, 2.24) is 5.32 Å². The first-order valence-corrected chi connectivity index (χ1v) is 6.76. The summed E-state index contributed by atoms with van der Waals surface area (Å²) in [5, 5.41) is 3.46. The summed E-state index contributed by atoms with van der Waals surface area (Å²) < 4.78 is 6.15. The van der Waals surface area contributed by atoms with Crippen LogP contribution < -0.4 is 5.32 Å². The molecule has 18 heavy (non-hydrogen) atoms. The Balaban J connectivity index is 2.79. The number of rotatable bonds is 5. The first-order valence-electron chi connectivity index (χ1n) is 6.76. The Labute approximate surface area is 112 Å². The van der Waals surface area contributed by atoms with Gasteiger partial charge in [-0.25, -0.2) is 0 Å². The summed E-state index contributed by atoms with van der Waals surface area (Å²) in [7, 11) is 0. The van der Waals surface area contributed by atoms with Crippen molar-refractivity contribution in [3.8, 4) is 0 Å². The second-order valence-electron chi connectivity index (χ2n) is 6.19. The third-order valence-electron chi connectivity index (χ3n) is 2.66. The van der Waals surface area contributed by atoms with Gasteiger partial charge in [-0.2, -0.15) is 0 Å². The van der Waals surface area contributed by atoms with Crippen LogP contribution in [0.1, 0.15) is 51.8 Å². The lowest BCUT2D eigenvalue weighted by Gasteiger charge is -2.29. The van der Waals surface area contributed by atoms with Gasteiger partial charge in [0.15, 0.2) is 0 Å². The zero-order valence-corrected chi connectivity index (χ0v) is 12.6. The molecule has 2 nitrogen and oxygen atoms in total. The Morgan fingerprint density at radius 3 is 2.11 bits per heavy atom. The van der Waals surface area contributed by atoms with Crippen molar-refractivity contribution >= 4 is 0 Å². The molecule has 1 aromatic rings. The van der Waals surface area contributed by atoms with Crippen LogP contribution in [0.4, 0.5) is 0 Å². The Bertz CT molecular complexity index is 348. The average molecular weight is 249 g/mol. The maximum Gasteiger partial charge on any atom is 0.0956 e.